The van der Waals surface area contributed by atoms with Crippen LogP contribution >= 0.6 is 0 Å². The molecule has 2 aliphatic heterocycles. The van der Waals surface area contributed by atoms with E-state index < -0.39 is 23.7 Å². The second-order valence-electron chi connectivity index (χ2n) is 12.3. The summed E-state index contributed by atoms with van der Waals surface area (Å²) in [5, 5.41) is 8.72. The van der Waals surface area contributed by atoms with Crippen LogP contribution < -0.4 is 16.0 Å². The summed E-state index contributed by atoms with van der Waals surface area (Å²) in [6.07, 6.45) is 0.524. The molecule has 5 rings (SSSR count). The van der Waals surface area contributed by atoms with Gasteiger partial charge in [0.2, 0.25) is 11.9 Å². The molecule has 10 nitrogen and oxygen atoms in total. The standard InChI is InChI=1S/C31H43F3N8O2.CH4/c1-21(2)36-28(43)24-6-5-7-26(24)38-27-25(31(32,33)34)20-35-30(39-27)37-23-10-8-22(9-11-23)29(44)42-18-16-41(17-19-42)15-14-40-12-3-4-13-40;/h8-11,20-21,24,26H,3-7,12-19H2,1-2H3,(H,36,43)(H2,35,37,38,39);1H4/t24-,26+;/m0./s1. The molecule has 2 aromatic rings. The van der Waals surface area contributed by atoms with Gasteiger partial charge in [-0.25, -0.2) is 4.98 Å². The highest BCUT2D eigenvalue weighted by molar-refractivity contribution is 5.94. The maximum absolute atomic E-state index is 13.8. The average Bonchev–Trinajstić information content (AvgIpc) is 3.68. The van der Waals surface area contributed by atoms with Gasteiger partial charge in [0.05, 0.1) is 5.92 Å². The minimum Gasteiger partial charge on any atom is -0.366 e. The number of likely N-dealkylation sites (tertiary alicyclic amines) is 1. The van der Waals surface area contributed by atoms with Crippen LogP contribution in [0.25, 0.3) is 0 Å². The van der Waals surface area contributed by atoms with Crippen molar-refractivity contribution in [1.82, 2.24) is 30.0 Å². The fraction of sp³-hybridized carbons (Fsp3) is 0.625. The lowest BCUT2D eigenvalue weighted by atomic mass is 10.0. The van der Waals surface area contributed by atoms with Gasteiger partial charge in [0.15, 0.2) is 0 Å². The number of anilines is 3. The zero-order valence-corrected chi connectivity index (χ0v) is 25.5. The van der Waals surface area contributed by atoms with E-state index in [0.717, 1.165) is 38.8 Å². The first-order chi connectivity index (χ1) is 21.1. The van der Waals surface area contributed by atoms with Crippen molar-refractivity contribution < 1.29 is 22.8 Å². The highest BCUT2D eigenvalue weighted by atomic mass is 19.4. The van der Waals surface area contributed by atoms with Crippen LogP contribution in [0.15, 0.2) is 30.5 Å². The quantitative estimate of drug-likeness (QED) is 0.342. The molecule has 1 aromatic carbocycles. The number of halogens is 3. The Bertz CT molecular complexity index is 1280. The lowest BCUT2D eigenvalue weighted by Crippen LogP contribution is -2.50. The summed E-state index contributed by atoms with van der Waals surface area (Å²) < 4.78 is 41.5. The largest absolute Gasteiger partial charge is 0.421 e. The van der Waals surface area contributed by atoms with Crippen molar-refractivity contribution in [1.29, 1.82) is 0 Å². The third-order valence-corrected chi connectivity index (χ3v) is 8.68. The number of hydrogen-bond acceptors (Lipinski definition) is 8. The highest BCUT2D eigenvalue weighted by Crippen LogP contribution is 2.37. The second kappa shape index (κ2) is 15.2. The fourth-order valence-corrected chi connectivity index (χ4v) is 6.24. The van der Waals surface area contributed by atoms with E-state index in [1.807, 2.05) is 18.7 Å². The molecule has 45 heavy (non-hydrogen) atoms. The number of rotatable bonds is 10. The molecule has 13 heteroatoms. The van der Waals surface area contributed by atoms with Crippen LogP contribution in [0.3, 0.4) is 0 Å². The highest BCUT2D eigenvalue weighted by Gasteiger charge is 2.39. The zero-order valence-electron chi connectivity index (χ0n) is 25.5. The predicted molar refractivity (Wildman–Crippen MR) is 170 cm³/mol. The number of amides is 2. The van der Waals surface area contributed by atoms with Crippen molar-refractivity contribution in [3.63, 3.8) is 0 Å². The van der Waals surface area contributed by atoms with Gasteiger partial charge in [-0.3, -0.25) is 14.5 Å². The molecule has 3 N–H and O–H groups in total. The molecule has 2 saturated heterocycles. The van der Waals surface area contributed by atoms with Gasteiger partial charge in [0, 0.05) is 68.8 Å². The van der Waals surface area contributed by atoms with E-state index in [9.17, 15) is 22.8 Å². The van der Waals surface area contributed by atoms with Gasteiger partial charge >= 0.3 is 6.18 Å². The van der Waals surface area contributed by atoms with Crippen molar-refractivity contribution in [2.45, 2.75) is 71.6 Å². The molecule has 3 heterocycles. The van der Waals surface area contributed by atoms with E-state index in [0.29, 0.717) is 37.2 Å². The van der Waals surface area contributed by atoms with Crippen LogP contribution in [0, 0.1) is 5.92 Å². The Morgan fingerprint density at radius 2 is 1.58 bits per heavy atom. The normalized spacial score (nSPS) is 21.1. The molecule has 248 valence electrons. The van der Waals surface area contributed by atoms with Gasteiger partial charge < -0.3 is 25.8 Å². The Balaban J connectivity index is 0.00000461. The maximum atomic E-state index is 13.8. The van der Waals surface area contributed by atoms with E-state index in [1.54, 1.807) is 24.3 Å². The Labute approximate surface area is 264 Å². The van der Waals surface area contributed by atoms with Crippen molar-refractivity contribution in [2.24, 2.45) is 5.92 Å². The molecular weight excluding hydrogens is 585 g/mol. The Morgan fingerprint density at radius 1 is 0.933 bits per heavy atom. The van der Waals surface area contributed by atoms with E-state index >= 15 is 0 Å². The molecular formula is C32H47F3N8O2. The van der Waals surface area contributed by atoms with E-state index in [4.69, 9.17) is 0 Å². The number of hydrogen-bond donors (Lipinski definition) is 3. The molecule has 2 atom stereocenters. The molecule has 0 bridgehead atoms. The second-order valence-corrected chi connectivity index (χ2v) is 12.3. The summed E-state index contributed by atoms with van der Waals surface area (Å²) in [5.41, 5.74) is 0.0906. The summed E-state index contributed by atoms with van der Waals surface area (Å²) >= 11 is 0. The van der Waals surface area contributed by atoms with Crippen LogP contribution in [0.4, 0.5) is 30.6 Å². The summed E-state index contributed by atoms with van der Waals surface area (Å²) in [5.74, 6) is -1.06. The van der Waals surface area contributed by atoms with Crippen LogP contribution in [0.5, 0.6) is 0 Å². The van der Waals surface area contributed by atoms with Gasteiger partial charge in [-0.05, 0) is 76.9 Å². The van der Waals surface area contributed by atoms with E-state index in [-0.39, 0.29) is 37.0 Å². The number of carbonyl (C=O) groups excluding carboxylic acids is 2. The SMILES string of the molecule is C.CC(C)NC(=O)[C@H]1CCC[C@H]1Nc1nc(Nc2ccc(C(=O)N3CCN(CCN4CCCC4)CC3)cc2)ncc1C(F)(F)F. The molecule has 3 fully saturated rings. The van der Waals surface area contributed by atoms with Gasteiger partial charge in [0.25, 0.3) is 5.91 Å². The minimum atomic E-state index is -4.67. The summed E-state index contributed by atoms with van der Waals surface area (Å²) in [4.78, 5) is 40.6. The molecule has 2 amide bonds. The Hall–Kier alpha value is -3.45. The number of carbonyl (C=O) groups is 2. The van der Waals surface area contributed by atoms with Crippen molar-refractivity contribution in [3.8, 4) is 0 Å². The van der Waals surface area contributed by atoms with E-state index in [2.05, 4.69) is 35.7 Å². The van der Waals surface area contributed by atoms with E-state index in [1.165, 1.54) is 25.9 Å². The van der Waals surface area contributed by atoms with Gasteiger partial charge in [-0.15, -0.1) is 0 Å². The lowest BCUT2D eigenvalue weighted by molar-refractivity contribution is -0.137. The number of aromatic nitrogens is 2. The van der Waals surface area contributed by atoms with Gasteiger partial charge in [-0.1, -0.05) is 13.8 Å². The first kappa shape index (κ1) is 34.4. The smallest absolute Gasteiger partial charge is 0.366 e. The minimum absolute atomic E-state index is 0. The topological polar surface area (TPSA) is 106 Å². The van der Waals surface area contributed by atoms with Gasteiger partial charge in [-0.2, -0.15) is 18.2 Å². The Morgan fingerprint density at radius 3 is 2.20 bits per heavy atom. The van der Waals surface area contributed by atoms with Crippen molar-refractivity contribution in [3.05, 3.63) is 41.6 Å². The summed E-state index contributed by atoms with van der Waals surface area (Å²) in [6, 6.07) is 6.24. The first-order valence-electron chi connectivity index (χ1n) is 15.7. The number of benzene rings is 1. The van der Waals surface area contributed by atoms with Crippen molar-refractivity contribution >= 4 is 29.3 Å². The summed E-state index contributed by atoms with van der Waals surface area (Å²) in [6.45, 7) is 11.2. The zero-order chi connectivity index (χ0) is 31.3. The molecule has 3 aliphatic rings. The number of nitrogens with zero attached hydrogens (tertiary/aromatic N) is 5. The molecule has 0 unspecified atom stereocenters. The van der Waals surface area contributed by atoms with Crippen LogP contribution in [-0.4, -0.2) is 101 Å². The van der Waals surface area contributed by atoms with Crippen LogP contribution in [-0.2, 0) is 11.0 Å². The number of nitrogens with one attached hydrogen (secondary N) is 3. The predicted octanol–water partition coefficient (Wildman–Crippen LogP) is 4.83. The molecule has 1 saturated carbocycles. The fourth-order valence-electron chi connectivity index (χ4n) is 6.24. The van der Waals surface area contributed by atoms with Crippen molar-refractivity contribution in [2.75, 3.05) is 63.0 Å². The third kappa shape index (κ3) is 9.06. The maximum Gasteiger partial charge on any atom is 0.421 e. The average molecular weight is 633 g/mol. The first-order valence-corrected chi connectivity index (χ1v) is 15.7. The molecule has 0 radical (unpaired) electrons. The summed E-state index contributed by atoms with van der Waals surface area (Å²) in [7, 11) is 0. The monoisotopic (exact) mass is 632 g/mol. The number of piperazine rings is 1. The lowest BCUT2D eigenvalue weighted by Gasteiger charge is -2.35. The number of alkyl halides is 3. The third-order valence-electron chi connectivity index (χ3n) is 8.68. The Kier molecular flexibility index (Phi) is 11.6. The molecule has 1 aliphatic carbocycles. The molecule has 0 spiro atoms. The van der Waals surface area contributed by atoms with Crippen LogP contribution in [0.1, 0.15) is 69.3 Å². The van der Waals surface area contributed by atoms with Gasteiger partial charge in [0.1, 0.15) is 11.4 Å². The molecule has 1 aromatic heterocycles. The van der Waals surface area contributed by atoms with Crippen LogP contribution in [0.2, 0.25) is 0 Å².